The number of rotatable bonds is 10. The molecule has 2 aliphatic heterocycles. The first-order chi connectivity index (χ1) is 21.2. The van der Waals surface area contributed by atoms with Crippen molar-refractivity contribution in [2.45, 2.75) is 48.8 Å². The van der Waals surface area contributed by atoms with Gasteiger partial charge in [0.2, 0.25) is 21.8 Å². The Bertz CT molecular complexity index is 1800. The van der Waals surface area contributed by atoms with Gasteiger partial charge in [0.15, 0.2) is 0 Å². The van der Waals surface area contributed by atoms with E-state index < -0.39 is 46.6 Å². The summed E-state index contributed by atoms with van der Waals surface area (Å²) in [4.78, 5) is 42.9. The summed E-state index contributed by atoms with van der Waals surface area (Å²) in [6, 6.07) is 29.0. The molecule has 0 bridgehead atoms. The highest BCUT2D eigenvalue weighted by Gasteiger charge is 2.58. The molecule has 2 amide bonds. The van der Waals surface area contributed by atoms with E-state index in [-0.39, 0.29) is 30.2 Å². The Kier molecular flexibility index (Phi) is 8.20. The summed E-state index contributed by atoms with van der Waals surface area (Å²) in [6.45, 7) is 0.329. The van der Waals surface area contributed by atoms with Gasteiger partial charge in [0.1, 0.15) is 18.2 Å². The summed E-state index contributed by atoms with van der Waals surface area (Å²) in [6.07, 6.45) is -0.815. The maximum absolute atomic E-state index is 14.5. The minimum absolute atomic E-state index is 0.0125. The van der Waals surface area contributed by atoms with E-state index >= 15 is 0 Å². The Hall–Kier alpha value is -4.54. The first-order valence-electron chi connectivity index (χ1n) is 14.7. The van der Waals surface area contributed by atoms with Gasteiger partial charge in [-0.25, -0.2) is 8.42 Å². The zero-order valence-electron chi connectivity index (χ0n) is 24.0. The Labute approximate surface area is 256 Å². The minimum Gasteiger partial charge on any atom is -0.481 e. The predicted octanol–water partition coefficient (Wildman–Crippen LogP) is 3.93. The molecule has 0 spiro atoms. The summed E-state index contributed by atoms with van der Waals surface area (Å²) in [5.74, 6) is -1.93. The number of fused-ring (bicyclic) bond motifs is 2. The van der Waals surface area contributed by atoms with E-state index in [0.717, 1.165) is 21.9 Å². The highest BCUT2D eigenvalue weighted by molar-refractivity contribution is 7.89. The average Bonchev–Trinajstić information content (AvgIpc) is 3.32. The van der Waals surface area contributed by atoms with Crippen molar-refractivity contribution in [3.8, 4) is 0 Å². The Balaban J connectivity index is 1.42. The van der Waals surface area contributed by atoms with Crippen LogP contribution in [0.5, 0.6) is 0 Å². The summed E-state index contributed by atoms with van der Waals surface area (Å²) in [7, 11) is -4.29. The van der Waals surface area contributed by atoms with Gasteiger partial charge in [0.05, 0.1) is 11.4 Å². The summed E-state index contributed by atoms with van der Waals surface area (Å²) in [5.41, 5.74) is 1.87. The quantitative estimate of drug-likeness (QED) is 0.291. The molecule has 2 aliphatic rings. The molecule has 10 heteroatoms. The second-order valence-electron chi connectivity index (χ2n) is 11.2. The van der Waals surface area contributed by atoms with Crippen LogP contribution < -0.4 is 0 Å². The number of sulfonamides is 1. The lowest BCUT2D eigenvalue weighted by molar-refractivity contribution is -0.152. The van der Waals surface area contributed by atoms with Gasteiger partial charge < -0.3 is 14.9 Å². The van der Waals surface area contributed by atoms with Crippen molar-refractivity contribution in [3.05, 3.63) is 114 Å². The maximum Gasteiger partial charge on any atom is 0.303 e. The van der Waals surface area contributed by atoms with E-state index in [1.54, 1.807) is 17.0 Å². The van der Waals surface area contributed by atoms with E-state index in [9.17, 15) is 27.9 Å². The molecule has 9 nitrogen and oxygen atoms in total. The average molecular weight is 612 g/mol. The molecule has 0 aliphatic carbocycles. The van der Waals surface area contributed by atoms with E-state index in [1.807, 2.05) is 84.9 Å². The van der Waals surface area contributed by atoms with Crippen LogP contribution in [0.2, 0.25) is 0 Å². The number of carbonyl (C=O) groups is 3. The first kappa shape index (κ1) is 29.5. The highest BCUT2D eigenvalue weighted by atomic mass is 32.2. The second-order valence-corrected chi connectivity index (χ2v) is 13.1. The van der Waals surface area contributed by atoms with Crippen molar-refractivity contribution in [2.24, 2.45) is 0 Å². The van der Waals surface area contributed by atoms with Gasteiger partial charge in [-0.2, -0.15) is 4.31 Å². The normalized spacial score (nSPS) is 20.7. The van der Waals surface area contributed by atoms with E-state index in [2.05, 4.69) is 0 Å². The zero-order chi connectivity index (χ0) is 30.8. The van der Waals surface area contributed by atoms with Crippen molar-refractivity contribution in [1.29, 1.82) is 0 Å². The molecule has 0 aromatic heterocycles. The number of carboxylic acid groups (broad SMARTS) is 1. The number of hydrogen-bond acceptors (Lipinski definition) is 5. The number of carboxylic acids is 1. The molecule has 3 unspecified atom stereocenters. The summed E-state index contributed by atoms with van der Waals surface area (Å²) in [5, 5.41) is 11.1. The minimum atomic E-state index is -4.29. The molecule has 0 saturated carbocycles. The van der Waals surface area contributed by atoms with Crippen LogP contribution in [0.1, 0.15) is 24.0 Å². The van der Waals surface area contributed by atoms with Crippen molar-refractivity contribution in [2.75, 3.05) is 13.1 Å². The fourth-order valence-corrected chi connectivity index (χ4v) is 8.10. The molecule has 3 atom stereocenters. The third kappa shape index (κ3) is 5.70. The predicted molar refractivity (Wildman–Crippen MR) is 165 cm³/mol. The number of carbonyl (C=O) groups excluding carboxylic acids is 2. The molecule has 6 rings (SSSR count). The molecule has 2 heterocycles. The SMILES string of the molecule is O=C(O)CCC1C(=O)N2C(Cc3ccccc3)C(=O)N(CCc3ccccc3)CC2N1S(=O)(=O)c1ccc2ccccc2c1. The van der Waals surface area contributed by atoms with Crippen molar-refractivity contribution in [1.82, 2.24) is 14.1 Å². The Morgan fingerprint density at radius 2 is 1.41 bits per heavy atom. The van der Waals surface area contributed by atoms with Crippen molar-refractivity contribution < 1.29 is 27.9 Å². The van der Waals surface area contributed by atoms with Crippen LogP contribution in [-0.4, -0.2) is 76.8 Å². The number of aliphatic carboxylic acids is 1. The monoisotopic (exact) mass is 611 g/mol. The lowest BCUT2D eigenvalue weighted by atomic mass is 9.99. The van der Waals surface area contributed by atoms with Gasteiger partial charge in [-0.05, 0) is 46.9 Å². The van der Waals surface area contributed by atoms with E-state index in [4.69, 9.17) is 0 Å². The molecular formula is C34H33N3O6S. The topological polar surface area (TPSA) is 115 Å². The number of benzene rings is 4. The van der Waals surface area contributed by atoms with Gasteiger partial charge in [0.25, 0.3) is 0 Å². The van der Waals surface area contributed by atoms with E-state index in [0.29, 0.717) is 13.0 Å². The maximum atomic E-state index is 14.5. The van der Waals surface area contributed by atoms with Crippen LogP contribution in [-0.2, 0) is 37.2 Å². The third-order valence-corrected chi connectivity index (χ3v) is 10.4. The molecule has 0 radical (unpaired) electrons. The third-order valence-electron chi connectivity index (χ3n) is 8.49. The molecule has 1 N–H and O–H groups in total. The van der Waals surface area contributed by atoms with Crippen LogP contribution >= 0.6 is 0 Å². The first-order valence-corrected chi connectivity index (χ1v) is 16.1. The van der Waals surface area contributed by atoms with Crippen LogP contribution in [0.15, 0.2) is 108 Å². The van der Waals surface area contributed by atoms with Gasteiger partial charge in [-0.1, -0.05) is 91.0 Å². The highest BCUT2D eigenvalue weighted by Crippen LogP contribution is 2.37. The molecule has 4 aromatic carbocycles. The van der Waals surface area contributed by atoms with Gasteiger partial charge in [-0.15, -0.1) is 0 Å². The van der Waals surface area contributed by atoms with Crippen molar-refractivity contribution in [3.63, 3.8) is 0 Å². The lowest BCUT2D eigenvalue weighted by Gasteiger charge is -2.44. The molecule has 226 valence electrons. The fraction of sp³-hybridized carbons (Fsp3) is 0.265. The standard InChI is InChI=1S/C34H33N3O6S/c38-32(39)18-17-29-34(41)36-30(21-25-11-5-2-6-12-25)33(40)35(20-19-24-9-3-1-4-10-24)23-31(36)37(29)44(42,43)28-16-15-26-13-7-8-14-27(26)22-28/h1-16,22,29-31H,17-21,23H2,(H,38,39). The fourth-order valence-electron chi connectivity index (χ4n) is 6.33. The number of hydrogen-bond donors (Lipinski definition) is 1. The lowest BCUT2D eigenvalue weighted by Crippen LogP contribution is -2.64. The number of amides is 2. The van der Waals surface area contributed by atoms with Gasteiger partial charge in [0, 0.05) is 19.4 Å². The zero-order valence-corrected chi connectivity index (χ0v) is 24.8. The molecular weight excluding hydrogens is 578 g/mol. The molecule has 2 saturated heterocycles. The second kappa shape index (κ2) is 12.2. The van der Waals surface area contributed by atoms with Crippen LogP contribution in [0, 0.1) is 0 Å². The number of piperazine rings is 1. The summed E-state index contributed by atoms with van der Waals surface area (Å²) >= 11 is 0. The molecule has 2 fully saturated rings. The van der Waals surface area contributed by atoms with Crippen LogP contribution in [0.4, 0.5) is 0 Å². The summed E-state index contributed by atoms with van der Waals surface area (Å²) < 4.78 is 30.1. The van der Waals surface area contributed by atoms with Crippen molar-refractivity contribution >= 4 is 38.6 Å². The van der Waals surface area contributed by atoms with Crippen LogP contribution in [0.25, 0.3) is 10.8 Å². The van der Waals surface area contributed by atoms with E-state index in [1.165, 1.54) is 15.3 Å². The van der Waals surface area contributed by atoms with Gasteiger partial charge >= 0.3 is 5.97 Å². The molecule has 4 aromatic rings. The van der Waals surface area contributed by atoms with Crippen LogP contribution in [0.3, 0.4) is 0 Å². The molecule has 44 heavy (non-hydrogen) atoms. The number of nitrogens with zero attached hydrogens (tertiary/aromatic N) is 3. The smallest absolute Gasteiger partial charge is 0.303 e. The largest absolute Gasteiger partial charge is 0.481 e. The Morgan fingerprint density at radius 3 is 2.09 bits per heavy atom. The van der Waals surface area contributed by atoms with Gasteiger partial charge in [-0.3, -0.25) is 14.4 Å². The Morgan fingerprint density at radius 1 is 0.773 bits per heavy atom.